The fourth-order valence-electron chi connectivity index (χ4n) is 6.19. The first-order valence-electron chi connectivity index (χ1n) is 13.2. The molecule has 1 atom stereocenters. The summed E-state index contributed by atoms with van der Waals surface area (Å²) in [6.07, 6.45) is -0.456. The third kappa shape index (κ3) is 5.09. The van der Waals surface area contributed by atoms with Gasteiger partial charge in [0, 0.05) is 23.2 Å². The number of alkyl halides is 3. The van der Waals surface area contributed by atoms with Gasteiger partial charge in [-0.3, -0.25) is 9.78 Å². The van der Waals surface area contributed by atoms with Crippen molar-refractivity contribution in [1.82, 2.24) is 20.3 Å². The summed E-state index contributed by atoms with van der Waals surface area (Å²) in [6.45, 7) is 0. The van der Waals surface area contributed by atoms with Crippen LogP contribution in [-0.2, 0) is 0 Å². The molecule has 2 aliphatic rings. The van der Waals surface area contributed by atoms with E-state index in [4.69, 9.17) is 0 Å². The molecule has 0 radical (unpaired) electrons. The molecule has 1 amide bonds. The first kappa shape index (κ1) is 25.7. The van der Waals surface area contributed by atoms with Crippen LogP contribution < -0.4 is 5.32 Å². The van der Waals surface area contributed by atoms with Crippen LogP contribution >= 0.6 is 0 Å². The van der Waals surface area contributed by atoms with Gasteiger partial charge in [0.25, 0.3) is 5.91 Å². The van der Waals surface area contributed by atoms with Crippen LogP contribution in [0.4, 0.5) is 17.6 Å². The number of carbonyl (C=O) groups is 1. The summed E-state index contributed by atoms with van der Waals surface area (Å²) in [5.41, 5.74) is 2.65. The number of pyridine rings is 1. The smallest absolute Gasteiger partial charge is 0.393 e. The summed E-state index contributed by atoms with van der Waals surface area (Å²) in [7, 11) is 0. The van der Waals surface area contributed by atoms with E-state index in [1.165, 1.54) is 18.2 Å². The molecule has 3 N–H and O–H groups in total. The molecule has 2 aromatic heterocycles. The van der Waals surface area contributed by atoms with Crippen molar-refractivity contribution in [3.05, 3.63) is 71.4 Å². The third-order valence-electron chi connectivity index (χ3n) is 8.28. The molecule has 10 heteroatoms. The normalized spacial score (nSPS) is 24.4. The molecule has 204 valence electrons. The van der Waals surface area contributed by atoms with Crippen molar-refractivity contribution in [2.24, 2.45) is 5.92 Å². The molecule has 2 aromatic carbocycles. The predicted molar refractivity (Wildman–Crippen MR) is 138 cm³/mol. The van der Waals surface area contributed by atoms with Crippen molar-refractivity contribution in [2.75, 3.05) is 0 Å². The lowest BCUT2D eigenvalue weighted by atomic mass is 9.73. The van der Waals surface area contributed by atoms with Crippen molar-refractivity contribution >= 4 is 27.8 Å². The molecule has 4 aromatic rings. The largest absolute Gasteiger partial charge is 0.399 e. The van der Waals surface area contributed by atoms with Gasteiger partial charge in [-0.1, -0.05) is 0 Å². The highest BCUT2D eigenvalue weighted by Gasteiger charge is 2.48. The number of nitrogens with zero attached hydrogens (tertiary/aromatic N) is 2. The number of fused-ring (bicyclic) bond motifs is 2. The second kappa shape index (κ2) is 9.89. The number of halogens is 4. The van der Waals surface area contributed by atoms with Gasteiger partial charge in [-0.2, -0.15) is 13.2 Å². The Bertz CT molecular complexity index is 1520. The minimum Gasteiger partial charge on any atom is -0.393 e. The van der Waals surface area contributed by atoms with E-state index in [1.54, 1.807) is 24.4 Å². The van der Waals surface area contributed by atoms with Crippen molar-refractivity contribution in [3.8, 4) is 0 Å². The van der Waals surface area contributed by atoms with E-state index >= 15 is 0 Å². The van der Waals surface area contributed by atoms with Crippen LogP contribution in [0.15, 0.2) is 48.7 Å². The number of amides is 1. The Hall–Kier alpha value is -3.53. The van der Waals surface area contributed by atoms with E-state index in [-0.39, 0.29) is 29.5 Å². The first-order valence-corrected chi connectivity index (χ1v) is 13.2. The van der Waals surface area contributed by atoms with Crippen molar-refractivity contribution in [1.29, 1.82) is 0 Å². The zero-order valence-electron chi connectivity index (χ0n) is 21.0. The Kier molecular flexibility index (Phi) is 6.53. The zero-order valence-corrected chi connectivity index (χ0v) is 21.0. The second-order valence-corrected chi connectivity index (χ2v) is 10.8. The fourth-order valence-corrected chi connectivity index (χ4v) is 6.19. The quantitative estimate of drug-likeness (QED) is 0.266. The maximum Gasteiger partial charge on any atom is 0.399 e. The lowest BCUT2D eigenvalue weighted by Gasteiger charge is -2.34. The number of imidazole rings is 1. The lowest BCUT2D eigenvalue weighted by molar-refractivity contribution is -0.166. The molecule has 0 bridgehead atoms. The van der Waals surface area contributed by atoms with E-state index in [9.17, 15) is 27.5 Å². The molecule has 0 aliphatic heterocycles. The first-order chi connectivity index (χ1) is 18.7. The zero-order chi connectivity index (χ0) is 27.3. The Morgan fingerprint density at radius 3 is 2.51 bits per heavy atom. The SMILES string of the molecule is O=C(NC1CC(O)C1)c1ccc2[nH]c([C@@H](C3CCC(c4ccnc5ccc(F)cc45)CC3)C(F)(F)F)nc2c1. The second-order valence-electron chi connectivity index (χ2n) is 10.8. The van der Waals surface area contributed by atoms with Crippen molar-refractivity contribution < 1.29 is 27.5 Å². The summed E-state index contributed by atoms with van der Waals surface area (Å²) in [5.74, 6) is -3.24. The van der Waals surface area contributed by atoms with Gasteiger partial charge in [0.2, 0.25) is 0 Å². The highest BCUT2D eigenvalue weighted by Crippen LogP contribution is 2.48. The number of rotatable bonds is 5. The number of aromatic nitrogens is 3. The highest BCUT2D eigenvalue weighted by atomic mass is 19.4. The summed E-state index contributed by atoms with van der Waals surface area (Å²) < 4.78 is 57.2. The predicted octanol–water partition coefficient (Wildman–Crippen LogP) is 6.12. The molecule has 0 saturated heterocycles. The van der Waals surface area contributed by atoms with Crippen LogP contribution in [0.3, 0.4) is 0 Å². The molecule has 39 heavy (non-hydrogen) atoms. The topological polar surface area (TPSA) is 90.9 Å². The summed E-state index contributed by atoms with van der Waals surface area (Å²) in [5, 5.41) is 13.0. The van der Waals surface area contributed by atoms with E-state index in [0.29, 0.717) is 66.0 Å². The van der Waals surface area contributed by atoms with Gasteiger partial charge in [-0.15, -0.1) is 0 Å². The Morgan fingerprint density at radius 2 is 1.79 bits per heavy atom. The average Bonchev–Trinajstić information content (AvgIpc) is 3.29. The number of hydrogen-bond acceptors (Lipinski definition) is 4. The van der Waals surface area contributed by atoms with E-state index in [2.05, 4.69) is 20.3 Å². The summed E-state index contributed by atoms with van der Waals surface area (Å²) in [6, 6.07) is 10.8. The van der Waals surface area contributed by atoms with Crippen LogP contribution in [0.5, 0.6) is 0 Å². The van der Waals surface area contributed by atoms with E-state index < -0.39 is 24.1 Å². The molecule has 2 fully saturated rings. The maximum absolute atomic E-state index is 14.4. The number of hydrogen-bond donors (Lipinski definition) is 3. The van der Waals surface area contributed by atoms with Crippen molar-refractivity contribution in [2.45, 2.75) is 68.7 Å². The molecule has 0 unspecified atom stereocenters. The maximum atomic E-state index is 14.4. The van der Waals surface area contributed by atoms with Gasteiger partial charge in [0.15, 0.2) is 0 Å². The number of H-pyrrole nitrogens is 1. The molecular weight excluding hydrogens is 512 g/mol. The number of aliphatic hydroxyl groups is 1. The Labute approximate surface area is 221 Å². The third-order valence-corrected chi connectivity index (χ3v) is 8.28. The Balaban J connectivity index is 1.21. The van der Waals surface area contributed by atoms with Gasteiger partial charge in [0.1, 0.15) is 17.6 Å². The van der Waals surface area contributed by atoms with Crippen LogP contribution in [-0.4, -0.2) is 44.3 Å². The number of benzene rings is 2. The van der Waals surface area contributed by atoms with Gasteiger partial charge < -0.3 is 15.4 Å². The Morgan fingerprint density at radius 1 is 1.03 bits per heavy atom. The van der Waals surface area contributed by atoms with Gasteiger partial charge >= 0.3 is 6.18 Å². The molecule has 0 spiro atoms. The molecule has 6 rings (SSSR count). The minimum atomic E-state index is -4.50. The average molecular weight is 541 g/mol. The molecule has 2 heterocycles. The standard InChI is InChI=1S/C29H28F4N4O2/c30-18-6-8-23-22(12-18)21(9-10-34-23)15-1-3-16(4-2-15)26(29(31,32)33)27-36-24-7-5-17(11-25(24)37-27)28(39)35-19-13-20(38)14-19/h5-12,15-16,19-20,26,38H,1-4,13-14H2,(H,35,39)(H,36,37)/t15?,16?,19?,20?,26-/m1/s1. The number of carbonyl (C=O) groups excluding carboxylic acids is 1. The monoisotopic (exact) mass is 540 g/mol. The van der Waals surface area contributed by atoms with Gasteiger partial charge in [0.05, 0.1) is 22.7 Å². The fraction of sp³-hybridized carbons (Fsp3) is 0.414. The number of nitrogens with one attached hydrogen (secondary N) is 2. The van der Waals surface area contributed by atoms with Crippen molar-refractivity contribution in [3.63, 3.8) is 0 Å². The highest BCUT2D eigenvalue weighted by molar-refractivity contribution is 5.97. The molecule has 2 aliphatic carbocycles. The summed E-state index contributed by atoms with van der Waals surface area (Å²) >= 11 is 0. The molecule has 6 nitrogen and oxygen atoms in total. The van der Waals surface area contributed by atoms with E-state index in [1.807, 2.05) is 6.07 Å². The lowest BCUT2D eigenvalue weighted by Crippen LogP contribution is -2.46. The number of aromatic amines is 1. The summed E-state index contributed by atoms with van der Waals surface area (Å²) in [4.78, 5) is 24.0. The molecular formula is C29H28F4N4O2. The van der Waals surface area contributed by atoms with Crippen LogP contribution in [0, 0.1) is 11.7 Å². The van der Waals surface area contributed by atoms with Crippen LogP contribution in [0.2, 0.25) is 0 Å². The van der Waals surface area contributed by atoms with E-state index in [0.717, 1.165) is 5.56 Å². The van der Waals surface area contributed by atoms with Crippen LogP contribution in [0.25, 0.3) is 21.9 Å². The minimum absolute atomic E-state index is 0.0240. The molecule has 2 saturated carbocycles. The van der Waals surface area contributed by atoms with Gasteiger partial charge in [-0.25, -0.2) is 9.37 Å². The van der Waals surface area contributed by atoms with Crippen LogP contribution in [0.1, 0.15) is 72.1 Å². The number of aliphatic hydroxyl groups excluding tert-OH is 1. The van der Waals surface area contributed by atoms with Gasteiger partial charge in [-0.05, 0) is 98.4 Å².